The number of rotatable bonds is 5. The molecule has 0 N–H and O–H groups in total. The highest BCUT2D eigenvalue weighted by molar-refractivity contribution is 6.24. The van der Waals surface area contributed by atoms with Crippen LogP contribution in [0, 0.1) is 0 Å². The molecule has 6 aromatic heterocycles. The van der Waals surface area contributed by atoms with Crippen LogP contribution in [0.3, 0.4) is 0 Å². The Bertz CT molecular complexity index is 5140. The topological polar surface area (TPSA) is 46.0 Å². The number of nitrogens with zero attached hydrogens (tertiary/aromatic N) is 4. The van der Waals surface area contributed by atoms with Crippen molar-refractivity contribution in [2.75, 3.05) is 0 Å². The van der Waals surface area contributed by atoms with Crippen LogP contribution >= 0.6 is 0 Å². The van der Waals surface area contributed by atoms with Crippen molar-refractivity contribution in [2.24, 2.45) is 0 Å². The van der Waals surface area contributed by atoms with Crippen molar-refractivity contribution in [3.05, 3.63) is 255 Å². The lowest BCUT2D eigenvalue weighted by atomic mass is 9.95. The molecule has 0 aliphatic heterocycles. The fraction of sp³-hybridized carbons (Fsp3) is 0. The molecule has 0 unspecified atom stereocenters. The normalized spacial score (nSPS) is 12.4. The van der Waals surface area contributed by atoms with Gasteiger partial charge in [-0.1, -0.05) is 182 Å². The van der Waals surface area contributed by atoms with Crippen LogP contribution in [0.15, 0.2) is 264 Å². The Morgan fingerprint density at radius 1 is 0.205 bits per heavy atom. The minimum Gasteiger partial charge on any atom is -0.454 e. The minimum atomic E-state index is 0.859. The molecule has 12 aromatic carbocycles. The maximum absolute atomic E-state index is 6.86. The maximum atomic E-state index is 6.86. The van der Waals surface area contributed by atoms with Crippen LogP contribution in [0.4, 0.5) is 0 Å². The second-order valence-electron chi connectivity index (χ2n) is 20.7. The number of benzene rings is 12. The predicted molar refractivity (Wildman–Crippen MR) is 324 cm³/mol. The molecule has 0 saturated carbocycles. The summed E-state index contributed by atoms with van der Waals surface area (Å²) >= 11 is 0. The van der Waals surface area contributed by atoms with Gasteiger partial charge in [0, 0.05) is 75.8 Å². The van der Waals surface area contributed by atoms with E-state index >= 15 is 0 Å². The Morgan fingerprint density at radius 2 is 0.500 bits per heavy atom. The zero-order chi connectivity index (χ0) is 50.7. The van der Waals surface area contributed by atoms with E-state index in [9.17, 15) is 0 Å². The molecule has 362 valence electrons. The summed E-state index contributed by atoms with van der Waals surface area (Å²) in [6.07, 6.45) is 0. The standard InChI is InChI=1S/C72H42N4O2/c1-9-29-55-43(19-1)44-20-2-10-30-56(44)75(55)69-49(39-41-61-67(69)53-25-5-13-33-59(53)73(61)63-35-17-27-51-47-23-7-15-37-65(47)77-71(51)63)50-40-42-62-68(70(50)76-57-31-11-3-21-45(57)46-22-4-12-32-58(46)76)54-26-6-14-34-60(54)74(62)64-36-18-28-52-48-24-8-16-38-66(48)78-72(52)64/h1-42H. The summed E-state index contributed by atoms with van der Waals surface area (Å²) in [4.78, 5) is 0. The van der Waals surface area contributed by atoms with Gasteiger partial charge in [0.25, 0.3) is 0 Å². The van der Waals surface area contributed by atoms with Crippen molar-refractivity contribution in [1.82, 2.24) is 18.3 Å². The van der Waals surface area contributed by atoms with Gasteiger partial charge in [0.1, 0.15) is 11.2 Å². The average molecular weight is 995 g/mol. The van der Waals surface area contributed by atoms with Crippen molar-refractivity contribution in [2.45, 2.75) is 0 Å². The van der Waals surface area contributed by atoms with Crippen molar-refractivity contribution >= 4 is 131 Å². The van der Waals surface area contributed by atoms with Crippen molar-refractivity contribution in [3.8, 4) is 33.9 Å². The highest BCUT2D eigenvalue weighted by atomic mass is 16.3. The smallest absolute Gasteiger partial charge is 0.159 e. The van der Waals surface area contributed by atoms with Crippen LogP contribution in [0.2, 0.25) is 0 Å². The molecule has 0 spiro atoms. The summed E-state index contributed by atoms with van der Waals surface area (Å²) in [6, 6.07) is 92.8. The zero-order valence-electron chi connectivity index (χ0n) is 41.9. The Labute approximate surface area is 444 Å². The van der Waals surface area contributed by atoms with E-state index in [0.29, 0.717) is 0 Å². The third kappa shape index (κ3) is 5.44. The summed E-state index contributed by atoms with van der Waals surface area (Å²) in [6.45, 7) is 0. The number of fused-ring (bicyclic) bond motifs is 18. The molecule has 0 aliphatic carbocycles. The molecule has 0 radical (unpaired) electrons. The van der Waals surface area contributed by atoms with Gasteiger partial charge in [-0.05, 0) is 72.8 Å². The van der Waals surface area contributed by atoms with E-state index in [4.69, 9.17) is 8.83 Å². The Balaban J connectivity index is 1.05. The average Bonchev–Trinajstić information content (AvgIpc) is 4.54. The molecule has 6 heteroatoms. The van der Waals surface area contributed by atoms with E-state index in [-0.39, 0.29) is 0 Å². The number of para-hydroxylation sites is 10. The molecule has 0 saturated heterocycles. The van der Waals surface area contributed by atoms with Gasteiger partial charge in [-0.3, -0.25) is 0 Å². The van der Waals surface area contributed by atoms with Gasteiger partial charge >= 0.3 is 0 Å². The van der Waals surface area contributed by atoms with Gasteiger partial charge in [-0.15, -0.1) is 0 Å². The second kappa shape index (κ2) is 15.5. The molecule has 0 atom stereocenters. The molecule has 18 rings (SSSR count). The van der Waals surface area contributed by atoms with Crippen LogP contribution in [0.5, 0.6) is 0 Å². The van der Waals surface area contributed by atoms with Gasteiger partial charge in [-0.25, -0.2) is 0 Å². The van der Waals surface area contributed by atoms with Gasteiger partial charge in [0.2, 0.25) is 0 Å². The molecule has 0 fully saturated rings. The molecule has 0 amide bonds. The molecule has 18 aromatic rings. The molecule has 0 aliphatic rings. The second-order valence-corrected chi connectivity index (χ2v) is 20.7. The van der Waals surface area contributed by atoms with E-state index in [0.717, 1.165) is 143 Å². The van der Waals surface area contributed by atoms with Crippen molar-refractivity contribution < 1.29 is 8.83 Å². The van der Waals surface area contributed by atoms with Crippen LogP contribution in [0.25, 0.3) is 165 Å². The summed E-state index contributed by atoms with van der Waals surface area (Å²) < 4.78 is 23.7. The number of hydrogen-bond acceptors (Lipinski definition) is 2. The van der Waals surface area contributed by atoms with E-state index in [1.165, 1.54) is 21.5 Å². The molecular weight excluding hydrogens is 953 g/mol. The maximum Gasteiger partial charge on any atom is 0.159 e. The first-order valence-electron chi connectivity index (χ1n) is 26.7. The molecule has 6 nitrogen and oxygen atoms in total. The summed E-state index contributed by atoms with van der Waals surface area (Å²) in [5.41, 5.74) is 18.8. The predicted octanol–water partition coefficient (Wildman–Crippen LogP) is 19.5. The quantitative estimate of drug-likeness (QED) is 0.172. The fourth-order valence-corrected chi connectivity index (χ4v) is 13.6. The monoisotopic (exact) mass is 994 g/mol. The lowest BCUT2D eigenvalue weighted by Gasteiger charge is -2.21. The van der Waals surface area contributed by atoms with E-state index in [1.807, 2.05) is 12.1 Å². The molecule has 6 heterocycles. The Kier molecular flexibility index (Phi) is 8.30. The lowest BCUT2D eigenvalue weighted by molar-refractivity contribution is 0.666. The number of hydrogen-bond donors (Lipinski definition) is 0. The first kappa shape index (κ1) is 41.8. The van der Waals surface area contributed by atoms with Crippen LogP contribution in [-0.4, -0.2) is 18.3 Å². The minimum absolute atomic E-state index is 0.859. The van der Waals surface area contributed by atoms with Crippen LogP contribution in [0.1, 0.15) is 0 Å². The van der Waals surface area contributed by atoms with E-state index in [1.54, 1.807) is 0 Å². The van der Waals surface area contributed by atoms with Crippen LogP contribution < -0.4 is 0 Å². The highest BCUT2D eigenvalue weighted by Gasteiger charge is 2.29. The van der Waals surface area contributed by atoms with Gasteiger partial charge < -0.3 is 27.1 Å². The summed E-state index contributed by atoms with van der Waals surface area (Å²) in [7, 11) is 0. The zero-order valence-corrected chi connectivity index (χ0v) is 41.9. The van der Waals surface area contributed by atoms with E-state index in [2.05, 4.69) is 261 Å². The largest absolute Gasteiger partial charge is 0.454 e. The van der Waals surface area contributed by atoms with Crippen molar-refractivity contribution in [1.29, 1.82) is 0 Å². The Hall–Kier alpha value is -10.6. The number of furan rings is 2. The summed E-state index contributed by atoms with van der Waals surface area (Å²) in [5, 5.41) is 13.8. The third-order valence-electron chi connectivity index (χ3n) is 16.8. The molecule has 0 bridgehead atoms. The van der Waals surface area contributed by atoms with Gasteiger partial charge in [-0.2, -0.15) is 0 Å². The molecule has 78 heavy (non-hydrogen) atoms. The number of aromatic nitrogens is 4. The van der Waals surface area contributed by atoms with Gasteiger partial charge in [0.05, 0.1) is 66.9 Å². The molecular formula is C72H42N4O2. The lowest BCUT2D eigenvalue weighted by Crippen LogP contribution is -2.04. The first-order chi connectivity index (χ1) is 38.8. The SMILES string of the molecule is c1ccc2c(c1)oc1c(-n3c4ccccc4c4c(-n5c6ccccc6c6ccccc65)c(-c5ccc6c(c5-n5c7ccccc7c7ccccc75)c5ccccc5n6-c5cccc6c5oc5ccccc56)ccc43)cccc12. The van der Waals surface area contributed by atoms with Crippen molar-refractivity contribution in [3.63, 3.8) is 0 Å². The highest BCUT2D eigenvalue weighted by Crippen LogP contribution is 2.50. The van der Waals surface area contributed by atoms with E-state index < -0.39 is 0 Å². The van der Waals surface area contributed by atoms with Crippen LogP contribution in [-0.2, 0) is 0 Å². The first-order valence-corrected chi connectivity index (χ1v) is 26.7. The third-order valence-corrected chi connectivity index (χ3v) is 16.8. The Morgan fingerprint density at radius 3 is 0.872 bits per heavy atom. The fourth-order valence-electron chi connectivity index (χ4n) is 13.6. The van der Waals surface area contributed by atoms with Gasteiger partial charge in [0.15, 0.2) is 11.2 Å². The summed E-state index contributed by atoms with van der Waals surface area (Å²) in [5.74, 6) is 0.